The van der Waals surface area contributed by atoms with E-state index in [0.717, 1.165) is 0 Å². The van der Waals surface area contributed by atoms with E-state index in [1.165, 1.54) is 12.4 Å². The summed E-state index contributed by atoms with van der Waals surface area (Å²) in [6.45, 7) is 4.34. The fourth-order valence-electron chi connectivity index (χ4n) is 1.68. The van der Waals surface area contributed by atoms with Crippen LogP contribution < -0.4 is 10.1 Å². The Morgan fingerprint density at radius 2 is 2.25 bits per heavy atom. The summed E-state index contributed by atoms with van der Waals surface area (Å²) >= 11 is 0. The van der Waals surface area contributed by atoms with Crippen LogP contribution in [0.5, 0.6) is 5.88 Å². The molecule has 2 aromatic rings. The Bertz CT molecular complexity index is 609. The predicted octanol–water partition coefficient (Wildman–Crippen LogP) is 2.09. The van der Waals surface area contributed by atoms with E-state index in [9.17, 15) is 4.79 Å². The quantitative estimate of drug-likeness (QED) is 0.834. The van der Waals surface area contributed by atoms with E-state index in [4.69, 9.17) is 14.3 Å². The van der Waals surface area contributed by atoms with Crippen molar-refractivity contribution in [1.29, 1.82) is 0 Å². The average molecular weight is 277 g/mol. The van der Waals surface area contributed by atoms with Crippen molar-refractivity contribution >= 4 is 11.8 Å². The fraction of sp³-hybridized carbons (Fsp3) is 0.308. The molecule has 0 amide bonds. The summed E-state index contributed by atoms with van der Waals surface area (Å²) in [6.07, 6.45) is 1.39. The molecule has 0 aliphatic rings. The molecule has 0 aromatic carbocycles. The van der Waals surface area contributed by atoms with Gasteiger partial charge in [0.2, 0.25) is 5.88 Å². The number of rotatable bonds is 6. The van der Waals surface area contributed by atoms with Crippen LogP contribution in [-0.4, -0.2) is 27.7 Å². The largest absolute Gasteiger partial charge is 0.478 e. The maximum atomic E-state index is 10.9. The minimum Gasteiger partial charge on any atom is -0.478 e. The van der Waals surface area contributed by atoms with Crippen LogP contribution in [0.25, 0.3) is 0 Å². The maximum Gasteiger partial charge on any atom is 0.339 e. The van der Waals surface area contributed by atoms with Gasteiger partial charge in [0.05, 0.1) is 13.2 Å². The number of carboxylic acids is 1. The molecule has 0 unspecified atom stereocenters. The number of hydrogen-bond acceptors (Lipinski definition) is 6. The third-order valence-electron chi connectivity index (χ3n) is 2.58. The van der Waals surface area contributed by atoms with Crippen molar-refractivity contribution in [2.45, 2.75) is 20.4 Å². The molecule has 2 aromatic heterocycles. The molecule has 20 heavy (non-hydrogen) atoms. The van der Waals surface area contributed by atoms with Crippen LogP contribution in [0, 0.1) is 6.92 Å². The van der Waals surface area contributed by atoms with Crippen molar-refractivity contribution < 1.29 is 19.1 Å². The number of aromatic carboxylic acids is 1. The number of carboxylic acid groups (broad SMARTS) is 1. The number of nitrogens with one attached hydrogen (secondary N) is 1. The van der Waals surface area contributed by atoms with Gasteiger partial charge in [0.1, 0.15) is 29.2 Å². The number of nitrogens with zero attached hydrogens (tertiary/aromatic N) is 2. The topological polar surface area (TPSA) is 97.5 Å². The van der Waals surface area contributed by atoms with Gasteiger partial charge in [-0.05, 0) is 19.9 Å². The minimum atomic E-state index is -1.00. The number of ether oxygens (including phenoxy) is 1. The summed E-state index contributed by atoms with van der Waals surface area (Å²) in [7, 11) is 0. The molecule has 0 fully saturated rings. The summed E-state index contributed by atoms with van der Waals surface area (Å²) in [5.74, 6) is 0.961. The monoisotopic (exact) mass is 277 g/mol. The third-order valence-corrected chi connectivity index (χ3v) is 2.58. The second-order valence-electron chi connectivity index (χ2n) is 4.02. The van der Waals surface area contributed by atoms with Crippen LogP contribution in [0.1, 0.15) is 28.8 Å². The Kier molecular flexibility index (Phi) is 4.19. The number of aryl methyl sites for hydroxylation is 1. The second-order valence-corrected chi connectivity index (χ2v) is 4.02. The number of hydrogen-bond donors (Lipinski definition) is 2. The molecule has 2 rings (SSSR count). The highest BCUT2D eigenvalue weighted by Crippen LogP contribution is 2.17. The first-order valence-electron chi connectivity index (χ1n) is 6.11. The lowest BCUT2D eigenvalue weighted by Gasteiger charge is -2.05. The SMILES string of the molecule is CCOc1cc(NCc2cc(C(=O)O)c(C)o2)ncn1. The van der Waals surface area contributed by atoms with E-state index >= 15 is 0 Å². The number of carbonyl (C=O) groups is 1. The Balaban J connectivity index is 2.03. The zero-order chi connectivity index (χ0) is 14.5. The first kappa shape index (κ1) is 13.9. The van der Waals surface area contributed by atoms with Crippen LogP contribution >= 0.6 is 0 Å². The summed E-state index contributed by atoms with van der Waals surface area (Å²) < 4.78 is 10.6. The summed E-state index contributed by atoms with van der Waals surface area (Å²) in [5.41, 5.74) is 0.166. The molecule has 2 N–H and O–H groups in total. The van der Waals surface area contributed by atoms with Gasteiger partial charge in [-0.3, -0.25) is 0 Å². The molecule has 0 bridgehead atoms. The minimum absolute atomic E-state index is 0.166. The van der Waals surface area contributed by atoms with Crippen molar-refractivity contribution in [2.24, 2.45) is 0 Å². The van der Waals surface area contributed by atoms with Gasteiger partial charge in [-0.2, -0.15) is 0 Å². The van der Waals surface area contributed by atoms with E-state index in [0.29, 0.717) is 36.4 Å². The molecule has 0 spiro atoms. The van der Waals surface area contributed by atoms with E-state index < -0.39 is 5.97 Å². The van der Waals surface area contributed by atoms with Crippen LogP contribution in [0.3, 0.4) is 0 Å². The first-order valence-corrected chi connectivity index (χ1v) is 6.11. The third kappa shape index (κ3) is 3.25. The lowest BCUT2D eigenvalue weighted by molar-refractivity contribution is 0.0695. The van der Waals surface area contributed by atoms with Crippen molar-refractivity contribution in [3.63, 3.8) is 0 Å². The van der Waals surface area contributed by atoms with E-state index in [-0.39, 0.29) is 5.56 Å². The van der Waals surface area contributed by atoms with Crippen LogP contribution in [0.2, 0.25) is 0 Å². The molecular formula is C13H15N3O4. The summed E-state index contributed by atoms with van der Waals surface area (Å²) in [4.78, 5) is 18.9. The average Bonchev–Trinajstić information content (AvgIpc) is 2.79. The predicted molar refractivity (Wildman–Crippen MR) is 70.9 cm³/mol. The Labute approximate surface area is 115 Å². The number of furan rings is 1. The van der Waals surface area contributed by atoms with Gasteiger partial charge in [0.25, 0.3) is 0 Å². The molecule has 0 aliphatic heterocycles. The van der Waals surface area contributed by atoms with Gasteiger partial charge >= 0.3 is 5.97 Å². The second kappa shape index (κ2) is 6.05. The molecule has 0 saturated carbocycles. The van der Waals surface area contributed by atoms with E-state index in [1.807, 2.05) is 6.92 Å². The van der Waals surface area contributed by atoms with Crippen molar-refractivity contribution in [1.82, 2.24) is 9.97 Å². The number of anilines is 1. The lowest BCUT2D eigenvalue weighted by atomic mass is 10.2. The zero-order valence-electron chi connectivity index (χ0n) is 11.2. The van der Waals surface area contributed by atoms with Crippen molar-refractivity contribution in [3.05, 3.63) is 35.5 Å². The Morgan fingerprint density at radius 3 is 2.90 bits per heavy atom. The van der Waals surface area contributed by atoms with Gasteiger partial charge in [-0.15, -0.1) is 0 Å². The molecule has 0 aliphatic carbocycles. The molecule has 7 heteroatoms. The normalized spacial score (nSPS) is 10.3. The summed E-state index contributed by atoms with van der Waals surface area (Å²) in [6, 6.07) is 3.16. The van der Waals surface area contributed by atoms with Gasteiger partial charge in [0, 0.05) is 6.07 Å². The molecule has 2 heterocycles. The Hall–Kier alpha value is -2.57. The number of aromatic nitrogens is 2. The first-order chi connectivity index (χ1) is 9.60. The highest BCUT2D eigenvalue weighted by Gasteiger charge is 2.13. The maximum absolute atomic E-state index is 10.9. The molecule has 7 nitrogen and oxygen atoms in total. The van der Waals surface area contributed by atoms with Crippen LogP contribution in [0.4, 0.5) is 5.82 Å². The Morgan fingerprint density at radius 1 is 1.45 bits per heavy atom. The molecule has 0 radical (unpaired) electrons. The van der Waals surface area contributed by atoms with Crippen molar-refractivity contribution in [2.75, 3.05) is 11.9 Å². The molecule has 106 valence electrons. The highest BCUT2D eigenvalue weighted by molar-refractivity contribution is 5.88. The molecule has 0 saturated heterocycles. The van der Waals surface area contributed by atoms with E-state index in [1.54, 1.807) is 13.0 Å². The molecular weight excluding hydrogens is 262 g/mol. The van der Waals surface area contributed by atoms with Gasteiger partial charge in [-0.1, -0.05) is 0 Å². The highest BCUT2D eigenvalue weighted by atomic mass is 16.5. The fourth-order valence-corrected chi connectivity index (χ4v) is 1.68. The standard InChI is InChI=1S/C13H15N3O4/c1-3-19-12-5-11(15-7-16-12)14-6-9-4-10(13(17)18)8(2)20-9/h4-5,7H,3,6H2,1-2H3,(H,17,18)(H,14,15,16). The van der Waals surface area contributed by atoms with Gasteiger partial charge in [-0.25, -0.2) is 14.8 Å². The smallest absolute Gasteiger partial charge is 0.339 e. The lowest BCUT2D eigenvalue weighted by Crippen LogP contribution is -2.02. The molecule has 0 atom stereocenters. The summed E-state index contributed by atoms with van der Waals surface area (Å²) in [5, 5.41) is 12.0. The van der Waals surface area contributed by atoms with Gasteiger partial charge in [0.15, 0.2) is 0 Å². The zero-order valence-corrected chi connectivity index (χ0v) is 11.2. The van der Waals surface area contributed by atoms with E-state index in [2.05, 4.69) is 15.3 Å². The van der Waals surface area contributed by atoms with Crippen molar-refractivity contribution in [3.8, 4) is 5.88 Å². The van der Waals surface area contributed by atoms with Gasteiger partial charge < -0.3 is 19.6 Å². The van der Waals surface area contributed by atoms with Crippen LogP contribution in [0.15, 0.2) is 22.9 Å². The van der Waals surface area contributed by atoms with Crippen LogP contribution in [-0.2, 0) is 6.54 Å².